The van der Waals surface area contributed by atoms with Gasteiger partial charge in [0, 0.05) is 32.5 Å². The first-order valence-electron chi connectivity index (χ1n) is 11.7. The van der Waals surface area contributed by atoms with Crippen LogP contribution in [-0.2, 0) is 17.8 Å². The fraction of sp³-hybridized carbons (Fsp3) is 0.696. The summed E-state index contributed by atoms with van der Waals surface area (Å²) in [6.07, 6.45) is 11.1. The molecule has 7 heteroatoms. The smallest absolute Gasteiger partial charge is 0.277 e. The lowest BCUT2D eigenvalue weighted by atomic mass is 9.87. The molecule has 4 heterocycles. The van der Waals surface area contributed by atoms with Gasteiger partial charge in [-0.15, -0.1) is 0 Å². The highest BCUT2D eigenvalue weighted by Crippen LogP contribution is 2.34. The Labute approximate surface area is 177 Å². The molecule has 1 amide bonds. The van der Waals surface area contributed by atoms with Gasteiger partial charge in [0.2, 0.25) is 5.91 Å². The van der Waals surface area contributed by atoms with Crippen molar-refractivity contribution in [1.29, 1.82) is 0 Å². The summed E-state index contributed by atoms with van der Waals surface area (Å²) in [5.74, 6) is 0.826. The molecule has 0 unspecified atom stereocenters. The number of aromatic nitrogens is 3. The van der Waals surface area contributed by atoms with E-state index in [1.165, 1.54) is 51.5 Å². The molecule has 2 aromatic heterocycles. The molecule has 2 aromatic rings. The number of amides is 1. The summed E-state index contributed by atoms with van der Waals surface area (Å²) in [5.41, 5.74) is 3.28. The second-order valence-corrected chi connectivity index (χ2v) is 9.45. The number of aromatic amines is 1. The lowest BCUT2D eigenvalue weighted by Gasteiger charge is -2.38. The van der Waals surface area contributed by atoms with Crippen LogP contribution in [0.5, 0.6) is 0 Å². The van der Waals surface area contributed by atoms with Crippen LogP contribution < -0.4 is 5.56 Å². The second kappa shape index (κ2) is 8.17. The van der Waals surface area contributed by atoms with Gasteiger partial charge in [0.15, 0.2) is 5.65 Å². The lowest BCUT2D eigenvalue weighted by molar-refractivity contribution is -0.129. The van der Waals surface area contributed by atoms with Crippen LogP contribution in [0.25, 0.3) is 5.65 Å². The number of carbonyl (C=O) groups is 1. The van der Waals surface area contributed by atoms with Crippen molar-refractivity contribution in [3.8, 4) is 0 Å². The van der Waals surface area contributed by atoms with E-state index in [9.17, 15) is 9.59 Å². The highest BCUT2D eigenvalue weighted by atomic mass is 16.2. The van der Waals surface area contributed by atoms with Crippen molar-refractivity contribution in [2.45, 2.75) is 77.3 Å². The van der Waals surface area contributed by atoms with Gasteiger partial charge in [-0.2, -0.15) is 0 Å². The quantitative estimate of drug-likeness (QED) is 0.843. The highest BCUT2D eigenvalue weighted by Gasteiger charge is 2.29. The zero-order chi connectivity index (χ0) is 20.7. The first kappa shape index (κ1) is 19.8. The van der Waals surface area contributed by atoms with Crippen LogP contribution in [-0.4, -0.2) is 49.9 Å². The third-order valence-corrected chi connectivity index (χ3v) is 7.42. The van der Waals surface area contributed by atoms with Gasteiger partial charge in [-0.05, 0) is 38.1 Å². The minimum Gasteiger partial charge on any atom is -0.338 e. The molecule has 1 atom stereocenters. The van der Waals surface area contributed by atoms with Crippen molar-refractivity contribution in [2.24, 2.45) is 5.92 Å². The highest BCUT2D eigenvalue weighted by molar-refractivity contribution is 5.73. The molecule has 1 N–H and O–H groups in total. The third kappa shape index (κ3) is 3.68. The van der Waals surface area contributed by atoms with Crippen LogP contribution >= 0.6 is 0 Å². The Kier molecular flexibility index (Phi) is 5.39. The molecule has 2 fully saturated rings. The van der Waals surface area contributed by atoms with Gasteiger partial charge in [0.05, 0.1) is 29.5 Å². The van der Waals surface area contributed by atoms with E-state index in [0.717, 1.165) is 30.3 Å². The molecule has 0 aromatic carbocycles. The fourth-order valence-electron chi connectivity index (χ4n) is 5.70. The van der Waals surface area contributed by atoms with Crippen LogP contribution in [0.1, 0.15) is 81.3 Å². The summed E-state index contributed by atoms with van der Waals surface area (Å²) in [6, 6.07) is 2.43. The molecule has 0 bridgehead atoms. The maximum absolute atomic E-state index is 13.2. The topological polar surface area (TPSA) is 73.7 Å². The Balaban J connectivity index is 1.44. The van der Waals surface area contributed by atoms with E-state index in [4.69, 9.17) is 4.98 Å². The van der Waals surface area contributed by atoms with Gasteiger partial charge in [-0.25, -0.2) is 9.50 Å². The summed E-state index contributed by atoms with van der Waals surface area (Å²) in [6.45, 7) is 4.88. The number of fused-ring (bicyclic) bond motifs is 2. The van der Waals surface area contributed by atoms with Crippen molar-refractivity contribution in [3.05, 3.63) is 33.4 Å². The first-order valence-corrected chi connectivity index (χ1v) is 11.7. The fourth-order valence-corrected chi connectivity index (χ4v) is 5.70. The molecule has 30 heavy (non-hydrogen) atoms. The van der Waals surface area contributed by atoms with Crippen molar-refractivity contribution in [2.75, 3.05) is 19.6 Å². The van der Waals surface area contributed by atoms with E-state index in [2.05, 4.69) is 16.1 Å². The molecule has 162 valence electrons. The van der Waals surface area contributed by atoms with Crippen molar-refractivity contribution < 1.29 is 4.79 Å². The summed E-state index contributed by atoms with van der Waals surface area (Å²) < 4.78 is 1.60. The normalized spacial score (nSPS) is 23.6. The molecule has 5 rings (SSSR count). The van der Waals surface area contributed by atoms with E-state index in [1.807, 2.05) is 0 Å². The second-order valence-electron chi connectivity index (χ2n) is 9.45. The van der Waals surface area contributed by atoms with Gasteiger partial charge in [-0.3, -0.25) is 19.6 Å². The number of rotatable bonds is 3. The molecule has 3 aliphatic rings. The number of nitrogens with zero attached hydrogens (tertiary/aromatic N) is 4. The number of hydrogen-bond donors (Lipinski definition) is 1. The van der Waals surface area contributed by atoms with E-state index in [0.29, 0.717) is 36.8 Å². The molecule has 7 nitrogen and oxygen atoms in total. The van der Waals surface area contributed by atoms with Crippen LogP contribution in [0.15, 0.2) is 10.9 Å². The first-order chi connectivity index (χ1) is 14.6. The van der Waals surface area contributed by atoms with Crippen molar-refractivity contribution in [1.82, 2.24) is 24.4 Å². The van der Waals surface area contributed by atoms with Gasteiger partial charge >= 0.3 is 0 Å². The Hall–Kier alpha value is -2.15. The lowest BCUT2D eigenvalue weighted by Crippen LogP contribution is -2.39. The monoisotopic (exact) mass is 411 g/mol. The number of likely N-dealkylation sites (tertiary alicyclic amines) is 1. The van der Waals surface area contributed by atoms with Crippen LogP contribution in [0.4, 0.5) is 0 Å². The zero-order valence-electron chi connectivity index (χ0n) is 18.0. The predicted molar refractivity (Wildman–Crippen MR) is 115 cm³/mol. The third-order valence-electron chi connectivity index (χ3n) is 7.42. The maximum Gasteiger partial charge on any atom is 0.277 e. The van der Waals surface area contributed by atoms with Crippen molar-refractivity contribution in [3.63, 3.8) is 0 Å². The van der Waals surface area contributed by atoms with Gasteiger partial charge < -0.3 is 4.90 Å². The number of nitrogens with one attached hydrogen (secondary N) is 1. The summed E-state index contributed by atoms with van der Waals surface area (Å²) >= 11 is 0. The van der Waals surface area contributed by atoms with Crippen LogP contribution in [0.3, 0.4) is 0 Å². The maximum atomic E-state index is 13.2. The Morgan fingerprint density at radius 3 is 2.73 bits per heavy atom. The Bertz CT molecular complexity index is 987. The molecule has 0 radical (unpaired) electrons. The van der Waals surface area contributed by atoms with Gasteiger partial charge in [0.25, 0.3) is 5.56 Å². The SMILES string of the molecule is CC(=O)N1CCc2nc3cc([C@@H]4CCCCN4CC4CCCCC4)[nH]n3c(=O)c2C1. The molecule has 1 aliphatic carbocycles. The Morgan fingerprint density at radius 1 is 1.13 bits per heavy atom. The number of H-pyrrole nitrogens is 1. The van der Waals surface area contributed by atoms with Gasteiger partial charge in [0.1, 0.15) is 0 Å². The number of hydrogen-bond acceptors (Lipinski definition) is 4. The molecule has 0 spiro atoms. The summed E-state index contributed by atoms with van der Waals surface area (Å²) in [7, 11) is 0. The largest absolute Gasteiger partial charge is 0.338 e. The zero-order valence-corrected chi connectivity index (χ0v) is 18.0. The van der Waals surface area contributed by atoms with Crippen LogP contribution in [0.2, 0.25) is 0 Å². The molecule has 1 saturated heterocycles. The minimum atomic E-state index is -0.0539. The standard InChI is InChI=1S/C23H33N5O2/c1-16(29)26-12-10-19-18(15-26)23(30)28-22(24-19)13-20(25-28)21-9-5-6-11-27(21)14-17-7-3-2-4-8-17/h13,17,21,25H,2-12,14-15H2,1H3/t21-/m0/s1. The molecular formula is C23H33N5O2. The molecular weight excluding hydrogens is 378 g/mol. The average Bonchev–Trinajstić information content (AvgIpc) is 3.19. The molecule has 1 saturated carbocycles. The summed E-state index contributed by atoms with van der Waals surface area (Å²) in [4.78, 5) is 34.1. The van der Waals surface area contributed by atoms with Crippen LogP contribution in [0, 0.1) is 5.92 Å². The predicted octanol–water partition coefficient (Wildman–Crippen LogP) is 3.03. The average molecular weight is 412 g/mol. The van der Waals surface area contributed by atoms with Crippen molar-refractivity contribution >= 4 is 11.6 Å². The Morgan fingerprint density at radius 2 is 1.93 bits per heavy atom. The molecule has 2 aliphatic heterocycles. The number of carbonyl (C=O) groups excluding carboxylic acids is 1. The van der Waals surface area contributed by atoms with Gasteiger partial charge in [-0.1, -0.05) is 25.7 Å². The van der Waals surface area contributed by atoms with E-state index < -0.39 is 0 Å². The number of piperidine rings is 1. The van der Waals surface area contributed by atoms with E-state index >= 15 is 0 Å². The van der Waals surface area contributed by atoms with E-state index in [1.54, 1.807) is 16.3 Å². The van der Waals surface area contributed by atoms with E-state index in [-0.39, 0.29) is 11.5 Å². The minimum absolute atomic E-state index is 0.0119. The summed E-state index contributed by atoms with van der Waals surface area (Å²) in [5, 5.41) is 3.39.